The van der Waals surface area contributed by atoms with Gasteiger partial charge >= 0.3 is 5.97 Å². The van der Waals surface area contributed by atoms with Crippen molar-refractivity contribution in [2.75, 3.05) is 6.61 Å². The van der Waals surface area contributed by atoms with Gasteiger partial charge in [0.2, 0.25) is 0 Å². The first-order chi connectivity index (χ1) is 7.22. The van der Waals surface area contributed by atoms with E-state index in [4.69, 9.17) is 4.74 Å². The van der Waals surface area contributed by atoms with Crippen molar-refractivity contribution in [1.29, 1.82) is 0 Å². The van der Waals surface area contributed by atoms with Gasteiger partial charge in [0.25, 0.3) is 0 Å². The summed E-state index contributed by atoms with van der Waals surface area (Å²) < 4.78 is 4.71. The van der Waals surface area contributed by atoms with E-state index in [1.807, 2.05) is 0 Å². The second-order valence-electron chi connectivity index (χ2n) is 3.64. The van der Waals surface area contributed by atoms with Crippen LogP contribution in [0.3, 0.4) is 0 Å². The molecule has 0 spiro atoms. The van der Waals surface area contributed by atoms with E-state index in [9.17, 15) is 9.90 Å². The summed E-state index contributed by atoms with van der Waals surface area (Å²) in [7, 11) is 0. The second-order valence-corrected chi connectivity index (χ2v) is 3.64. The minimum Gasteiger partial charge on any atom is -0.463 e. The Morgan fingerprint density at radius 3 is 3.13 bits per heavy atom. The van der Waals surface area contributed by atoms with Gasteiger partial charge in [0.1, 0.15) is 0 Å². The first kappa shape index (κ1) is 12.0. The molecule has 1 N–H and O–H groups in total. The second kappa shape index (κ2) is 6.40. The largest absolute Gasteiger partial charge is 0.463 e. The van der Waals surface area contributed by atoms with Gasteiger partial charge in [-0.05, 0) is 38.7 Å². The van der Waals surface area contributed by atoms with E-state index in [-0.39, 0.29) is 0 Å². The predicted molar refractivity (Wildman–Crippen MR) is 58.3 cm³/mol. The van der Waals surface area contributed by atoms with Crippen LogP contribution in [0.2, 0.25) is 0 Å². The summed E-state index contributed by atoms with van der Waals surface area (Å²) in [5, 5.41) is 9.59. The zero-order valence-corrected chi connectivity index (χ0v) is 9.11. The van der Waals surface area contributed by atoms with E-state index in [0.717, 1.165) is 12.8 Å². The van der Waals surface area contributed by atoms with Crippen LogP contribution in [0.1, 0.15) is 32.6 Å². The first-order valence-corrected chi connectivity index (χ1v) is 5.43. The maximum Gasteiger partial charge on any atom is 0.330 e. The Kier molecular flexibility index (Phi) is 5.12. The number of esters is 1. The van der Waals surface area contributed by atoms with Crippen LogP contribution >= 0.6 is 0 Å². The van der Waals surface area contributed by atoms with Gasteiger partial charge in [0.05, 0.1) is 12.7 Å². The highest BCUT2D eigenvalue weighted by Crippen LogP contribution is 2.22. The van der Waals surface area contributed by atoms with Gasteiger partial charge in [0, 0.05) is 6.08 Å². The molecule has 0 aromatic heterocycles. The summed E-state index contributed by atoms with van der Waals surface area (Å²) in [6, 6.07) is 0. The van der Waals surface area contributed by atoms with Gasteiger partial charge in [-0.3, -0.25) is 0 Å². The maximum absolute atomic E-state index is 10.9. The van der Waals surface area contributed by atoms with Crippen LogP contribution in [0, 0.1) is 0 Å². The van der Waals surface area contributed by atoms with E-state index in [2.05, 4.69) is 6.08 Å². The number of allylic oxidation sites excluding steroid dienone is 1. The zero-order chi connectivity index (χ0) is 11.1. The molecule has 3 heteroatoms. The van der Waals surface area contributed by atoms with Gasteiger partial charge in [-0.2, -0.15) is 0 Å². The van der Waals surface area contributed by atoms with Crippen molar-refractivity contribution >= 4 is 5.97 Å². The monoisotopic (exact) mass is 210 g/mol. The Bertz CT molecular complexity index is 266. The number of rotatable bonds is 5. The fourth-order valence-corrected chi connectivity index (χ4v) is 1.64. The highest BCUT2D eigenvalue weighted by molar-refractivity contribution is 5.81. The van der Waals surface area contributed by atoms with Crippen molar-refractivity contribution in [3.63, 3.8) is 0 Å². The number of hydrogen-bond donors (Lipinski definition) is 1. The molecule has 0 aromatic rings. The van der Waals surface area contributed by atoms with Crippen LogP contribution in [0.25, 0.3) is 0 Å². The third kappa shape index (κ3) is 4.79. The topological polar surface area (TPSA) is 46.5 Å². The number of hydrogen-bond acceptors (Lipinski definition) is 3. The zero-order valence-electron chi connectivity index (χ0n) is 9.11. The molecule has 84 valence electrons. The molecule has 1 atom stereocenters. The number of aliphatic hydroxyl groups excluding tert-OH is 1. The van der Waals surface area contributed by atoms with Crippen LogP contribution in [0.15, 0.2) is 23.8 Å². The molecule has 0 amide bonds. The molecule has 0 heterocycles. The average Bonchev–Trinajstić information content (AvgIpc) is 2.68. The molecule has 1 aliphatic carbocycles. The Labute approximate surface area is 90.4 Å². The lowest BCUT2D eigenvalue weighted by molar-refractivity contribution is -0.137. The lowest BCUT2D eigenvalue weighted by atomic mass is 10.1. The molecule has 3 nitrogen and oxygen atoms in total. The van der Waals surface area contributed by atoms with Crippen molar-refractivity contribution in [2.45, 2.75) is 38.7 Å². The average molecular weight is 210 g/mol. The normalized spacial score (nSPS) is 17.9. The maximum atomic E-state index is 10.9. The van der Waals surface area contributed by atoms with Crippen molar-refractivity contribution in [1.82, 2.24) is 0 Å². The van der Waals surface area contributed by atoms with Gasteiger partial charge in [-0.15, -0.1) is 0 Å². The predicted octanol–water partition coefficient (Wildman–Crippen LogP) is 1.97. The van der Waals surface area contributed by atoms with E-state index >= 15 is 0 Å². The van der Waals surface area contributed by atoms with Crippen LogP contribution in [-0.4, -0.2) is 23.8 Å². The van der Waals surface area contributed by atoms with Crippen molar-refractivity contribution in [3.8, 4) is 0 Å². The molecular weight excluding hydrogens is 192 g/mol. The fourth-order valence-electron chi connectivity index (χ4n) is 1.64. The molecule has 1 aliphatic rings. The smallest absolute Gasteiger partial charge is 0.330 e. The van der Waals surface area contributed by atoms with Crippen molar-refractivity contribution < 1.29 is 14.6 Å². The Morgan fingerprint density at radius 2 is 2.53 bits per heavy atom. The third-order valence-electron chi connectivity index (χ3n) is 2.35. The van der Waals surface area contributed by atoms with Gasteiger partial charge in [-0.1, -0.05) is 11.6 Å². The Balaban J connectivity index is 2.28. The molecule has 0 unspecified atom stereocenters. The Hall–Kier alpha value is -1.09. The summed E-state index contributed by atoms with van der Waals surface area (Å²) >= 11 is 0. The molecule has 0 saturated heterocycles. The molecule has 15 heavy (non-hydrogen) atoms. The summed E-state index contributed by atoms with van der Waals surface area (Å²) in [4.78, 5) is 10.9. The number of ether oxygens (including phenoxy) is 1. The van der Waals surface area contributed by atoms with Crippen LogP contribution in [-0.2, 0) is 9.53 Å². The quantitative estimate of drug-likeness (QED) is 0.428. The standard InChI is InChI=1S/C12H18O3/c1-2-15-12(14)8-7-11(13)9-10-5-3-4-6-10/h5,7-8,11,13H,2-4,6,9H2,1H3/b8-7+/t11-/m0/s1. The van der Waals surface area contributed by atoms with Crippen LogP contribution < -0.4 is 0 Å². The molecule has 0 radical (unpaired) electrons. The summed E-state index contributed by atoms with van der Waals surface area (Å²) in [6.45, 7) is 2.12. The lowest BCUT2D eigenvalue weighted by Crippen LogP contribution is -2.06. The van der Waals surface area contributed by atoms with Crippen LogP contribution in [0.4, 0.5) is 0 Å². The molecule has 0 aromatic carbocycles. The van der Waals surface area contributed by atoms with Crippen LogP contribution in [0.5, 0.6) is 0 Å². The highest BCUT2D eigenvalue weighted by atomic mass is 16.5. The lowest BCUT2D eigenvalue weighted by Gasteiger charge is -2.05. The van der Waals surface area contributed by atoms with E-state index in [1.165, 1.54) is 24.1 Å². The van der Waals surface area contributed by atoms with Crippen molar-refractivity contribution in [2.24, 2.45) is 0 Å². The number of carbonyl (C=O) groups excluding carboxylic acids is 1. The SMILES string of the molecule is CCOC(=O)/C=C/[C@H](O)CC1=CCCC1. The molecule has 0 bridgehead atoms. The third-order valence-corrected chi connectivity index (χ3v) is 2.35. The van der Waals surface area contributed by atoms with Crippen molar-refractivity contribution in [3.05, 3.63) is 23.8 Å². The molecule has 1 rings (SSSR count). The molecule has 0 fully saturated rings. The van der Waals surface area contributed by atoms with Gasteiger partial charge in [-0.25, -0.2) is 4.79 Å². The Morgan fingerprint density at radius 1 is 1.73 bits per heavy atom. The van der Waals surface area contributed by atoms with E-state index in [1.54, 1.807) is 6.92 Å². The number of aliphatic hydroxyl groups is 1. The summed E-state index contributed by atoms with van der Waals surface area (Å²) in [6.07, 6.45) is 8.40. The fraction of sp³-hybridized carbons (Fsp3) is 0.583. The minimum atomic E-state index is -0.571. The number of carbonyl (C=O) groups is 1. The summed E-state index contributed by atoms with van der Waals surface area (Å²) in [5.41, 5.74) is 1.29. The van der Waals surface area contributed by atoms with Gasteiger partial charge in [0.15, 0.2) is 0 Å². The summed E-state index contributed by atoms with van der Waals surface area (Å²) in [5.74, 6) is -0.392. The van der Waals surface area contributed by atoms with Gasteiger partial charge < -0.3 is 9.84 Å². The first-order valence-electron chi connectivity index (χ1n) is 5.43. The van der Waals surface area contributed by atoms with E-state index < -0.39 is 12.1 Å². The molecule has 0 aliphatic heterocycles. The highest BCUT2D eigenvalue weighted by Gasteiger charge is 2.08. The molecule has 0 saturated carbocycles. The molecular formula is C12H18O3. The minimum absolute atomic E-state index is 0.365. The van der Waals surface area contributed by atoms with E-state index in [0.29, 0.717) is 13.0 Å².